The molecule has 2 aromatic heterocycles. The normalized spacial score (nSPS) is 10.7. The Labute approximate surface area is 142 Å². The summed E-state index contributed by atoms with van der Waals surface area (Å²) in [5, 5.41) is 8.09. The monoisotopic (exact) mass is 347 g/mol. The van der Waals surface area contributed by atoms with E-state index < -0.39 is 0 Å². The number of benzene rings is 1. The Hall–Kier alpha value is -2.18. The second kappa shape index (κ2) is 6.52. The van der Waals surface area contributed by atoms with Gasteiger partial charge in [0.05, 0.1) is 12.2 Å². The molecule has 7 heteroatoms. The summed E-state index contributed by atoms with van der Waals surface area (Å²) >= 11 is 7.35. The van der Waals surface area contributed by atoms with Crippen LogP contribution in [-0.2, 0) is 6.54 Å². The predicted molar refractivity (Wildman–Crippen MR) is 89.7 cm³/mol. The van der Waals surface area contributed by atoms with Crippen LogP contribution in [0.5, 0.6) is 0 Å². The lowest BCUT2D eigenvalue weighted by Gasteiger charge is -2.00. The van der Waals surface area contributed by atoms with Gasteiger partial charge in [-0.25, -0.2) is 4.98 Å². The first-order valence-corrected chi connectivity index (χ1v) is 8.16. The van der Waals surface area contributed by atoms with Crippen molar-refractivity contribution in [3.05, 3.63) is 57.4 Å². The van der Waals surface area contributed by atoms with Crippen LogP contribution in [0.15, 0.2) is 34.9 Å². The van der Waals surface area contributed by atoms with Crippen LogP contribution in [0.3, 0.4) is 0 Å². The third kappa shape index (κ3) is 3.60. The predicted octanol–water partition coefficient (Wildman–Crippen LogP) is 4.00. The number of aromatic nitrogens is 2. The number of amides is 1. The van der Waals surface area contributed by atoms with Gasteiger partial charge < -0.3 is 9.84 Å². The second-order valence-electron chi connectivity index (χ2n) is 5.06. The topological polar surface area (TPSA) is 68.0 Å². The molecular formula is C16H14ClN3O2S. The Morgan fingerprint density at radius 1 is 1.35 bits per heavy atom. The van der Waals surface area contributed by atoms with Gasteiger partial charge in [-0.1, -0.05) is 28.9 Å². The Morgan fingerprint density at radius 3 is 2.87 bits per heavy atom. The zero-order valence-corrected chi connectivity index (χ0v) is 14.2. The van der Waals surface area contributed by atoms with Gasteiger partial charge in [-0.3, -0.25) is 4.79 Å². The summed E-state index contributed by atoms with van der Waals surface area (Å²) < 4.78 is 4.98. The van der Waals surface area contributed by atoms with Crippen LogP contribution in [-0.4, -0.2) is 16.0 Å². The summed E-state index contributed by atoms with van der Waals surface area (Å²) in [6.45, 7) is 3.95. The van der Waals surface area contributed by atoms with Gasteiger partial charge in [-0.2, -0.15) is 0 Å². The van der Waals surface area contributed by atoms with E-state index in [1.165, 1.54) is 11.3 Å². The summed E-state index contributed by atoms with van der Waals surface area (Å²) in [5.74, 6) is 0.542. The molecule has 1 N–H and O–H groups in total. The van der Waals surface area contributed by atoms with Crippen molar-refractivity contribution in [3.63, 3.8) is 0 Å². The van der Waals surface area contributed by atoms with Crippen LogP contribution in [0.25, 0.3) is 10.6 Å². The fourth-order valence-corrected chi connectivity index (χ4v) is 3.27. The van der Waals surface area contributed by atoms with E-state index in [9.17, 15) is 4.79 Å². The number of rotatable bonds is 4. The third-order valence-corrected chi connectivity index (χ3v) is 4.62. The molecule has 23 heavy (non-hydrogen) atoms. The van der Waals surface area contributed by atoms with E-state index in [1.807, 2.05) is 32.0 Å². The summed E-state index contributed by atoms with van der Waals surface area (Å²) in [6, 6.07) is 9.21. The summed E-state index contributed by atoms with van der Waals surface area (Å²) in [4.78, 5) is 17.4. The Bertz CT molecular complexity index is 857. The molecule has 0 spiro atoms. The molecule has 3 aromatic rings. The molecule has 0 radical (unpaired) electrons. The van der Waals surface area contributed by atoms with E-state index in [0.717, 1.165) is 10.6 Å². The minimum Gasteiger partial charge on any atom is -0.361 e. The molecule has 5 nitrogen and oxygen atoms in total. The molecular weight excluding hydrogens is 334 g/mol. The van der Waals surface area contributed by atoms with Gasteiger partial charge in [0.1, 0.15) is 21.3 Å². The zero-order valence-electron chi connectivity index (χ0n) is 12.6. The average molecular weight is 348 g/mol. The van der Waals surface area contributed by atoms with E-state index in [2.05, 4.69) is 15.5 Å². The number of hydrogen-bond donors (Lipinski definition) is 1. The molecule has 0 atom stereocenters. The molecule has 0 aliphatic carbocycles. The number of nitrogens with one attached hydrogen (secondary N) is 1. The number of aryl methyl sites for hydroxylation is 2. The van der Waals surface area contributed by atoms with Crippen LogP contribution in [0, 0.1) is 13.8 Å². The number of nitrogens with zero attached hydrogens (tertiary/aromatic N) is 2. The van der Waals surface area contributed by atoms with Gasteiger partial charge in [0.2, 0.25) is 0 Å². The largest absolute Gasteiger partial charge is 0.361 e. The lowest BCUT2D eigenvalue weighted by molar-refractivity contribution is 0.0953. The van der Waals surface area contributed by atoms with E-state index in [1.54, 1.807) is 12.1 Å². The fourth-order valence-electron chi connectivity index (χ4n) is 2.10. The quantitative estimate of drug-likeness (QED) is 0.774. The minimum atomic E-state index is -0.172. The third-order valence-electron chi connectivity index (χ3n) is 3.18. The standard InChI is InChI=1S/C16H14ClN3O2S/c1-9-6-13(20-22-9)8-18-15(21)14-10(2)19-16(23-14)11-4-3-5-12(17)7-11/h3-7H,8H2,1-2H3,(H,18,21). The number of carbonyl (C=O) groups excluding carboxylic acids is 1. The SMILES string of the molecule is Cc1cc(CNC(=O)c2sc(-c3cccc(Cl)c3)nc2C)no1. The van der Waals surface area contributed by atoms with Crippen molar-refractivity contribution < 1.29 is 9.32 Å². The maximum atomic E-state index is 12.3. The van der Waals surface area contributed by atoms with Gasteiger partial charge in [0, 0.05) is 16.7 Å². The first kappa shape index (κ1) is 15.7. The molecule has 0 unspecified atom stereocenters. The highest BCUT2D eigenvalue weighted by Gasteiger charge is 2.16. The number of halogens is 1. The van der Waals surface area contributed by atoms with Crippen molar-refractivity contribution in [3.8, 4) is 10.6 Å². The Kier molecular flexibility index (Phi) is 4.45. The van der Waals surface area contributed by atoms with Crippen molar-refractivity contribution in [1.82, 2.24) is 15.5 Å². The molecule has 1 amide bonds. The van der Waals surface area contributed by atoms with Crippen molar-refractivity contribution in [1.29, 1.82) is 0 Å². The summed E-state index contributed by atoms with van der Waals surface area (Å²) in [7, 11) is 0. The van der Waals surface area contributed by atoms with E-state index in [0.29, 0.717) is 33.6 Å². The van der Waals surface area contributed by atoms with Gasteiger partial charge in [-0.15, -0.1) is 11.3 Å². The van der Waals surface area contributed by atoms with Crippen LogP contribution < -0.4 is 5.32 Å². The first-order chi connectivity index (χ1) is 11.0. The summed E-state index contributed by atoms with van der Waals surface area (Å²) in [5.41, 5.74) is 2.28. The van der Waals surface area contributed by atoms with E-state index in [-0.39, 0.29) is 5.91 Å². The molecule has 0 fully saturated rings. The van der Waals surface area contributed by atoms with Crippen molar-refractivity contribution >= 4 is 28.8 Å². The Balaban J connectivity index is 1.76. The average Bonchev–Trinajstić information content (AvgIpc) is 3.11. The number of hydrogen-bond acceptors (Lipinski definition) is 5. The lowest BCUT2D eigenvalue weighted by Crippen LogP contribution is -2.22. The Morgan fingerprint density at radius 2 is 2.17 bits per heavy atom. The molecule has 2 heterocycles. The summed E-state index contributed by atoms with van der Waals surface area (Å²) in [6.07, 6.45) is 0. The van der Waals surface area contributed by atoms with E-state index >= 15 is 0 Å². The van der Waals surface area contributed by atoms with Crippen LogP contribution in [0.1, 0.15) is 26.8 Å². The smallest absolute Gasteiger partial charge is 0.263 e. The zero-order chi connectivity index (χ0) is 16.4. The molecule has 0 saturated heterocycles. The van der Waals surface area contributed by atoms with Crippen LogP contribution in [0.2, 0.25) is 5.02 Å². The van der Waals surface area contributed by atoms with Crippen LogP contribution >= 0.6 is 22.9 Å². The highest BCUT2D eigenvalue weighted by atomic mass is 35.5. The molecule has 0 saturated carbocycles. The fraction of sp³-hybridized carbons (Fsp3) is 0.188. The molecule has 0 aliphatic rings. The molecule has 0 bridgehead atoms. The second-order valence-corrected chi connectivity index (χ2v) is 6.49. The van der Waals surface area contributed by atoms with Crippen LogP contribution in [0.4, 0.5) is 0 Å². The highest BCUT2D eigenvalue weighted by molar-refractivity contribution is 7.17. The maximum Gasteiger partial charge on any atom is 0.263 e. The van der Waals surface area contributed by atoms with Crippen molar-refractivity contribution in [2.24, 2.45) is 0 Å². The molecule has 118 valence electrons. The number of thiazole rings is 1. The van der Waals surface area contributed by atoms with Gasteiger partial charge in [0.15, 0.2) is 0 Å². The van der Waals surface area contributed by atoms with Gasteiger partial charge in [-0.05, 0) is 26.0 Å². The van der Waals surface area contributed by atoms with Gasteiger partial charge >= 0.3 is 0 Å². The lowest BCUT2D eigenvalue weighted by atomic mass is 10.2. The number of carbonyl (C=O) groups is 1. The van der Waals surface area contributed by atoms with E-state index in [4.69, 9.17) is 16.1 Å². The van der Waals surface area contributed by atoms with Gasteiger partial charge in [0.25, 0.3) is 5.91 Å². The minimum absolute atomic E-state index is 0.172. The molecule has 1 aromatic carbocycles. The first-order valence-electron chi connectivity index (χ1n) is 6.96. The highest BCUT2D eigenvalue weighted by Crippen LogP contribution is 2.29. The molecule has 3 rings (SSSR count). The van der Waals surface area contributed by atoms with Crippen molar-refractivity contribution in [2.75, 3.05) is 0 Å². The van der Waals surface area contributed by atoms with Crippen molar-refractivity contribution in [2.45, 2.75) is 20.4 Å². The maximum absolute atomic E-state index is 12.3. The molecule has 0 aliphatic heterocycles.